The molecule has 24 heavy (non-hydrogen) atoms. The van der Waals surface area contributed by atoms with Crippen molar-refractivity contribution in [2.75, 3.05) is 31.1 Å². The molecule has 1 aromatic heterocycles. The summed E-state index contributed by atoms with van der Waals surface area (Å²) < 4.78 is 0. The fourth-order valence-corrected chi connectivity index (χ4v) is 3.09. The van der Waals surface area contributed by atoms with E-state index < -0.39 is 6.10 Å². The maximum absolute atomic E-state index is 11.4. The predicted octanol–water partition coefficient (Wildman–Crippen LogP) is 2.14. The van der Waals surface area contributed by atoms with Gasteiger partial charge in [-0.3, -0.25) is 4.79 Å². The Hall–Kier alpha value is -2.40. The first-order chi connectivity index (χ1) is 11.6. The van der Waals surface area contributed by atoms with Gasteiger partial charge in [-0.05, 0) is 18.6 Å². The van der Waals surface area contributed by atoms with E-state index in [1.165, 1.54) is 0 Å². The molecule has 5 heteroatoms. The number of rotatable bonds is 3. The highest BCUT2D eigenvalue weighted by Crippen LogP contribution is 2.26. The number of aryl methyl sites for hydroxylation is 1. The van der Waals surface area contributed by atoms with E-state index in [1.54, 1.807) is 6.92 Å². The van der Waals surface area contributed by atoms with E-state index in [9.17, 15) is 9.90 Å². The van der Waals surface area contributed by atoms with Crippen molar-refractivity contribution in [1.82, 2.24) is 9.88 Å². The monoisotopic (exact) mass is 325 g/mol. The molecule has 1 amide bonds. The third-order valence-electron chi connectivity index (χ3n) is 4.57. The van der Waals surface area contributed by atoms with Crippen LogP contribution in [0.4, 0.5) is 5.82 Å². The first kappa shape index (κ1) is 16.5. The molecule has 0 bridgehead atoms. The normalized spacial score (nSPS) is 16.1. The lowest BCUT2D eigenvalue weighted by molar-refractivity contribution is -0.129. The van der Waals surface area contributed by atoms with Crippen molar-refractivity contribution in [3.05, 3.63) is 59.3 Å². The fraction of sp³-hybridized carbons (Fsp3) is 0.368. The molecular weight excluding hydrogens is 302 g/mol. The van der Waals surface area contributed by atoms with E-state index >= 15 is 0 Å². The summed E-state index contributed by atoms with van der Waals surface area (Å²) in [7, 11) is 0. The maximum Gasteiger partial charge on any atom is 0.219 e. The summed E-state index contributed by atoms with van der Waals surface area (Å²) in [6.07, 6.45) is -0.665. The van der Waals surface area contributed by atoms with E-state index in [4.69, 9.17) is 0 Å². The minimum absolute atomic E-state index is 0.125. The molecule has 1 aromatic carbocycles. The van der Waals surface area contributed by atoms with Gasteiger partial charge in [-0.2, -0.15) is 0 Å². The van der Waals surface area contributed by atoms with Crippen LogP contribution in [0.5, 0.6) is 0 Å². The highest BCUT2D eigenvalue weighted by Gasteiger charge is 2.21. The van der Waals surface area contributed by atoms with Crippen LogP contribution in [0.25, 0.3) is 0 Å². The van der Waals surface area contributed by atoms with Crippen LogP contribution >= 0.6 is 0 Å². The number of anilines is 1. The van der Waals surface area contributed by atoms with Gasteiger partial charge < -0.3 is 14.9 Å². The van der Waals surface area contributed by atoms with E-state index in [2.05, 4.69) is 9.88 Å². The van der Waals surface area contributed by atoms with Crippen molar-refractivity contribution >= 4 is 11.7 Å². The van der Waals surface area contributed by atoms with Gasteiger partial charge in [0.1, 0.15) is 11.9 Å². The summed E-state index contributed by atoms with van der Waals surface area (Å²) in [5.74, 6) is 1.03. The topological polar surface area (TPSA) is 56.7 Å². The quantitative estimate of drug-likeness (QED) is 0.939. The number of aromatic nitrogens is 1. The molecule has 2 heterocycles. The number of aliphatic hydroxyl groups is 1. The first-order valence-corrected chi connectivity index (χ1v) is 8.27. The number of hydrogen-bond acceptors (Lipinski definition) is 4. The second-order valence-corrected chi connectivity index (χ2v) is 6.15. The van der Waals surface area contributed by atoms with Crippen LogP contribution in [-0.2, 0) is 4.79 Å². The van der Waals surface area contributed by atoms with E-state index in [-0.39, 0.29) is 5.91 Å². The second kappa shape index (κ2) is 7.01. The molecule has 1 atom stereocenters. The second-order valence-electron chi connectivity index (χ2n) is 6.15. The summed E-state index contributed by atoms with van der Waals surface area (Å²) in [4.78, 5) is 20.1. The van der Waals surface area contributed by atoms with Crippen LogP contribution in [0.3, 0.4) is 0 Å². The Morgan fingerprint density at radius 3 is 2.33 bits per heavy atom. The zero-order valence-corrected chi connectivity index (χ0v) is 14.1. The number of piperazine rings is 1. The van der Waals surface area contributed by atoms with Gasteiger partial charge in [-0.1, -0.05) is 36.4 Å². The summed E-state index contributed by atoms with van der Waals surface area (Å²) in [5.41, 5.74) is 2.52. The zero-order valence-electron chi connectivity index (χ0n) is 14.1. The van der Waals surface area contributed by atoms with Crippen molar-refractivity contribution in [2.24, 2.45) is 0 Å². The molecule has 1 aliphatic rings. The number of carbonyl (C=O) groups is 1. The molecular formula is C19H23N3O2. The Kier molecular flexibility index (Phi) is 4.81. The van der Waals surface area contributed by atoms with Crippen LogP contribution in [0.2, 0.25) is 0 Å². The highest BCUT2D eigenvalue weighted by atomic mass is 16.3. The van der Waals surface area contributed by atoms with Gasteiger partial charge in [0, 0.05) is 44.4 Å². The van der Waals surface area contributed by atoms with Gasteiger partial charge in [0.2, 0.25) is 5.91 Å². The third-order valence-corrected chi connectivity index (χ3v) is 4.57. The van der Waals surface area contributed by atoms with Crippen LogP contribution in [-0.4, -0.2) is 47.1 Å². The Balaban J connectivity index is 1.75. The van der Waals surface area contributed by atoms with Gasteiger partial charge in [0.05, 0.1) is 0 Å². The maximum atomic E-state index is 11.4. The number of amides is 1. The Morgan fingerprint density at radius 1 is 1.08 bits per heavy atom. The number of nitrogens with zero attached hydrogens (tertiary/aromatic N) is 3. The zero-order chi connectivity index (χ0) is 17.1. The average Bonchev–Trinajstić information content (AvgIpc) is 2.62. The number of carbonyl (C=O) groups excluding carboxylic acids is 1. The molecule has 1 fully saturated rings. The Labute approximate surface area is 142 Å². The van der Waals surface area contributed by atoms with Crippen molar-refractivity contribution in [3.63, 3.8) is 0 Å². The lowest BCUT2D eigenvalue weighted by Gasteiger charge is -2.35. The molecule has 1 N–H and O–H groups in total. The van der Waals surface area contributed by atoms with Crippen LogP contribution in [0.1, 0.15) is 29.8 Å². The molecule has 0 aliphatic carbocycles. The SMILES string of the molecule is CC(=O)N1CCN(c2ccc([C@H](O)c3ccccc3)c(C)n2)CC1. The molecule has 126 valence electrons. The predicted molar refractivity (Wildman–Crippen MR) is 93.9 cm³/mol. The molecule has 0 radical (unpaired) electrons. The van der Waals surface area contributed by atoms with E-state index in [1.807, 2.05) is 54.3 Å². The van der Waals surface area contributed by atoms with Crippen molar-refractivity contribution in [2.45, 2.75) is 20.0 Å². The standard InChI is InChI=1S/C19H23N3O2/c1-14-17(19(24)16-6-4-3-5-7-16)8-9-18(20-14)22-12-10-21(11-13-22)15(2)23/h3-9,19,24H,10-13H2,1-2H3/t19-/m1/s1. The summed E-state index contributed by atoms with van der Waals surface area (Å²) in [6, 6.07) is 13.5. The fourth-order valence-electron chi connectivity index (χ4n) is 3.09. The van der Waals surface area contributed by atoms with E-state index in [0.29, 0.717) is 0 Å². The smallest absolute Gasteiger partial charge is 0.219 e. The van der Waals surface area contributed by atoms with Crippen molar-refractivity contribution in [3.8, 4) is 0 Å². The van der Waals surface area contributed by atoms with Gasteiger partial charge in [-0.25, -0.2) is 4.98 Å². The summed E-state index contributed by atoms with van der Waals surface area (Å²) >= 11 is 0. The summed E-state index contributed by atoms with van der Waals surface area (Å²) in [6.45, 7) is 6.56. The molecule has 2 aromatic rings. The van der Waals surface area contributed by atoms with Crippen molar-refractivity contribution in [1.29, 1.82) is 0 Å². The van der Waals surface area contributed by atoms with Crippen LogP contribution in [0, 0.1) is 6.92 Å². The van der Waals surface area contributed by atoms with E-state index in [0.717, 1.165) is 48.8 Å². The minimum atomic E-state index is -0.665. The van der Waals surface area contributed by atoms with Gasteiger partial charge in [0.25, 0.3) is 0 Å². The van der Waals surface area contributed by atoms with Crippen LogP contribution < -0.4 is 4.90 Å². The molecule has 5 nitrogen and oxygen atoms in total. The number of hydrogen-bond donors (Lipinski definition) is 1. The number of aliphatic hydroxyl groups excluding tert-OH is 1. The number of benzene rings is 1. The molecule has 0 unspecified atom stereocenters. The lowest BCUT2D eigenvalue weighted by Crippen LogP contribution is -2.48. The van der Waals surface area contributed by atoms with Gasteiger partial charge >= 0.3 is 0 Å². The number of pyridine rings is 1. The third kappa shape index (κ3) is 3.41. The van der Waals surface area contributed by atoms with Gasteiger partial charge in [-0.15, -0.1) is 0 Å². The average molecular weight is 325 g/mol. The minimum Gasteiger partial charge on any atom is -0.384 e. The molecule has 0 spiro atoms. The van der Waals surface area contributed by atoms with Gasteiger partial charge in [0.15, 0.2) is 0 Å². The first-order valence-electron chi connectivity index (χ1n) is 8.27. The molecule has 1 saturated heterocycles. The molecule has 3 rings (SSSR count). The highest BCUT2D eigenvalue weighted by molar-refractivity contribution is 5.73. The lowest BCUT2D eigenvalue weighted by atomic mass is 10.0. The Bertz CT molecular complexity index is 710. The molecule has 1 aliphatic heterocycles. The summed E-state index contributed by atoms with van der Waals surface area (Å²) in [5, 5.41) is 10.6. The Morgan fingerprint density at radius 2 is 1.75 bits per heavy atom. The molecule has 0 saturated carbocycles. The largest absolute Gasteiger partial charge is 0.384 e. The van der Waals surface area contributed by atoms with Crippen LogP contribution in [0.15, 0.2) is 42.5 Å². The van der Waals surface area contributed by atoms with Crippen molar-refractivity contribution < 1.29 is 9.90 Å².